The number of nitrogens with zero attached hydrogens (tertiary/aromatic N) is 1. The van der Waals surface area contributed by atoms with Crippen molar-refractivity contribution in [2.75, 3.05) is 20.2 Å². The molecule has 0 fully saturated rings. The molecule has 0 unspecified atom stereocenters. The van der Waals surface area contributed by atoms with Crippen molar-refractivity contribution in [3.05, 3.63) is 69.5 Å². The van der Waals surface area contributed by atoms with Crippen LogP contribution in [0.1, 0.15) is 5.56 Å². The first-order valence-electron chi connectivity index (χ1n) is 8.16. The molecular formula is C19H18ClNO5S. The number of fused-ring (bicyclic) bond motifs is 1. The zero-order valence-corrected chi connectivity index (χ0v) is 16.4. The van der Waals surface area contributed by atoms with E-state index in [9.17, 15) is 13.2 Å². The second kappa shape index (κ2) is 7.72. The molecule has 0 amide bonds. The normalized spacial score (nSPS) is 11.9. The van der Waals surface area contributed by atoms with Crippen LogP contribution in [0.2, 0.25) is 5.02 Å². The van der Waals surface area contributed by atoms with E-state index in [1.165, 1.54) is 41.7 Å². The maximum Gasteiger partial charge on any atom is 0.336 e. The number of halogens is 1. The van der Waals surface area contributed by atoms with Gasteiger partial charge in [0.1, 0.15) is 17.9 Å². The lowest BCUT2D eigenvalue weighted by Gasteiger charge is -2.18. The quantitative estimate of drug-likeness (QED) is 0.585. The van der Waals surface area contributed by atoms with Crippen LogP contribution in [-0.2, 0) is 10.0 Å². The van der Waals surface area contributed by atoms with Crippen molar-refractivity contribution >= 4 is 32.6 Å². The van der Waals surface area contributed by atoms with E-state index in [1.807, 2.05) is 6.92 Å². The summed E-state index contributed by atoms with van der Waals surface area (Å²) >= 11 is 5.91. The minimum atomic E-state index is -3.70. The molecule has 0 radical (unpaired) electrons. The van der Waals surface area contributed by atoms with E-state index < -0.39 is 15.6 Å². The molecule has 0 spiro atoms. The van der Waals surface area contributed by atoms with Gasteiger partial charge < -0.3 is 9.15 Å². The average molecular weight is 408 g/mol. The molecule has 0 saturated heterocycles. The molecule has 1 heterocycles. The van der Waals surface area contributed by atoms with Crippen LogP contribution in [0.25, 0.3) is 11.0 Å². The summed E-state index contributed by atoms with van der Waals surface area (Å²) < 4.78 is 37.4. The number of hydrogen-bond acceptors (Lipinski definition) is 5. The van der Waals surface area contributed by atoms with Gasteiger partial charge in [-0.3, -0.25) is 0 Å². The standard InChI is InChI=1S/C19H18ClNO5S/c1-13-11-15(20)4-6-17(13)25-10-9-21(2)27(23,24)16-5-7-18-14(12-16)3-8-19(22)26-18/h3-8,11-12H,9-10H2,1-2H3. The Hall–Kier alpha value is -2.35. The molecular weight excluding hydrogens is 390 g/mol. The van der Waals surface area contributed by atoms with E-state index in [-0.39, 0.29) is 18.0 Å². The summed E-state index contributed by atoms with van der Waals surface area (Å²) in [6.07, 6.45) is 0. The van der Waals surface area contributed by atoms with Gasteiger partial charge in [-0.15, -0.1) is 0 Å². The maximum atomic E-state index is 12.8. The fourth-order valence-corrected chi connectivity index (χ4v) is 3.99. The van der Waals surface area contributed by atoms with Crippen molar-refractivity contribution < 1.29 is 17.6 Å². The summed E-state index contributed by atoms with van der Waals surface area (Å²) in [5.74, 6) is 0.658. The molecule has 3 aromatic rings. The van der Waals surface area contributed by atoms with Gasteiger partial charge in [0, 0.05) is 30.1 Å². The van der Waals surface area contributed by atoms with E-state index in [1.54, 1.807) is 18.2 Å². The predicted molar refractivity (Wildman–Crippen MR) is 104 cm³/mol. The van der Waals surface area contributed by atoms with Crippen LogP contribution in [0.3, 0.4) is 0 Å². The van der Waals surface area contributed by atoms with Crippen LogP contribution >= 0.6 is 11.6 Å². The van der Waals surface area contributed by atoms with Crippen LogP contribution in [0.5, 0.6) is 5.75 Å². The molecule has 0 aliphatic carbocycles. The Bertz CT molecular complexity index is 1140. The highest BCUT2D eigenvalue weighted by Gasteiger charge is 2.21. The molecule has 0 atom stereocenters. The summed E-state index contributed by atoms with van der Waals surface area (Å²) in [6.45, 7) is 2.24. The third kappa shape index (κ3) is 4.32. The van der Waals surface area contributed by atoms with Gasteiger partial charge in [0.2, 0.25) is 10.0 Å². The third-order valence-electron chi connectivity index (χ3n) is 4.10. The fraction of sp³-hybridized carbons (Fsp3) is 0.211. The molecule has 0 aliphatic heterocycles. The van der Waals surface area contributed by atoms with E-state index in [0.717, 1.165) is 5.56 Å². The minimum Gasteiger partial charge on any atom is -0.492 e. The maximum absolute atomic E-state index is 12.8. The fourth-order valence-electron chi connectivity index (χ4n) is 2.57. The summed E-state index contributed by atoms with van der Waals surface area (Å²) in [7, 11) is -2.21. The van der Waals surface area contributed by atoms with Gasteiger partial charge in [0.25, 0.3) is 0 Å². The molecule has 8 heteroatoms. The van der Waals surface area contributed by atoms with Crippen LogP contribution in [-0.4, -0.2) is 32.9 Å². The molecule has 6 nitrogen and oxygen atoms in total. The first kappa shape index (κ1) is 19.4. The Kier molecular flexibility index (Phi) is 5.55. The van der Waals surface area contributed by atoms with E-state index in [4.69, 9.17) is 20.8 Å². The van der Waals surface area contributed by atoms with Gasteiger partial charge in [0.05, 0.1) is 4.90 Å². The Morgan fingerprint density at radius 3 is 2.63 bits per heavy atom. The number of ether oxygens (including phenoxy) is 1. The smallest absolute Gasteiger partial charge is 0.336 e. The van der Waals surface area contributed by atoms with Crippen molar-refractivity contribution in [1.29, 1.82) is 0 Å². The van der Waals surface area contributed by atoms with Crippen LogP contribution in [0.4, 0.5) is 0 Å². The van der Waals surface area contributed by atoms with Crippen molar-refractivity contribution in [3.8, 4) is 5.75 Å². The van der Waals surface area contributed by atoms with Crippen LogP contribution in [0.15, 0.2) is 62.6 Å². The lowest BCUT2D eigenvalue weighted by atomic mass is 10.2. The van der Waals surface area contributed by atoms with Crippen LogP contribution in [0, 0.1) is 6.92 Å². The van der Waals surface area contributed by atoms with Gasteiger partial charge in [-0.1, -0.05) is 11.6 Å². The Labute approximate surface area is 162 Å². The molecule has 0 N–H and O–H groups in total. The third-order valence-corrected chi connectivity index (χ3v) is 6.19. The topological polar surface area (TPSA) is 76.8 Å². The van der Waals surface area contributed by atoms with Gasteiger partial charge >= 0.3 is 5.63 Å². The van der Waals surface area contributed by atoms with Gasteiger partial charge in [-0.25, -0.2) is 13.2 Å². The minimum absolute atomic E-state index is 0.119. The van der Waals surface area contributed by atoms with E-state index in [0.29, 0.717) is 21.7 Å². The molecule has 0 bridgehead atoms. The highest BCUT2D eigenvalue weighted by Crippen LogP contribution is 2.23. The van der Waals surface area contributed by atoms with Gasteiger partial charge in [-0.2, -0.15) is 4.31 Å². The number of rotatable bonds is 6. The van der Waals surface area contributed by atoms with E-state index >= 15 is 0 Å². The van der Waals surface area contributed by atoms with Gasteiger partial charge in [0.15, 0.2) is 0 Å². The number of benzene rings is 2. The van der Waals surface area contributed by atoms with Crippen molar-refractivity contribution in [1.82, 2.24) is 4.31 Å². The summed E-state index contributed by atoms with van der Waals surface area (Å²) in [6, 6.07) is 12.4. The van der Waals surface area contributed by atoms with Crippen LogP contribution < -0.4 is 10.4 Å². The van der Waals surface area contributed by atoms with Crippen molar-refractivity contribution in [2.24, 2.45) is 0 Å². The highest BCUT2D eigenvalue weighted by atomic mass is 35.5. The highest BCUT2D eigenvalue weighted by molar-refractivity contribution is 7.89. The predicted octanol–water partition coefficient (Wildman–Crippen LogP) is 3.45. The summed E-state index contributed by atoms with van der Waals surface area (Å²) in [5.41, 5.74) is 0.736. The second-order valence-corrected chi connectivity index (χ2v) is 8.52. The number of hydrogen-bond donors (Lipinski definition) is 0. The first-order chi connectivity index (χ1) is 12.8. The van der Waals surface area contributed by atoms with Crippen molar-refractivity contribution in [2.45, 2.75) is 11.8 Å². The number of aryl methyl sites for hydroxylation is 1. The Balaban J connectivity index is 1.72. The largest absolute Gasteiger partial charge is 0.492 e. The average Bonchev–Trinajstić information content (AvgIpc) is 2.62. The SMILES string of the molecule is Cc1cc(Cl)ccc1OCCN(C)S(=O)(=O)c1ccc2oc(=O)ccc2c1. The Morgan fingerprint density at radius 1 is 1.11 bits per heavy atom. The molecule has 3 rings (SSSR count). The zero-order chi connectivity index (χ0) is 19.6. The number of likely N-dealkylation sites (N-methyl/N-ethyl adjacent to an activating group) is 1. The van der Waals surface area contributed by atoms with Gasteiger partial charge in [-0.05, 0) is 55.0 Å². The molecule has 1 aromatic heterocycles. The second-order valence-electron chi connectivity index (χ2n) is 6.04. The molecule has 0 aliphatic rings. The zero-order valence-electron chi connectivity index (χ0n) is 14.8. The molecule has 27 heavy (non-hydrogen) atoms. The van der Waals surface area contributed by atoms with Crippen molar-refractivity contribution in [3.63, 3.8) is 0 Å². The lowest BCUT2D eigenvalue weighted by molar-refractivity contribution is 0.285. The molecule has 2 aromatic carbocycles. The monoisotopic (exact) mass is 407 g/mol. The first-order valence-corrected chi connectivity index (χ1v) is 9.98. The summed E-state index contributed by atoms with van der Waals surface area (Å²) in [4.78, 5) is 11.4. The summed E-state index contributed by atoms with van der Waals surface area (Å²) in [5, 5.41) is 1.16. The number of sulfonamides is 1. The van der Waals surface area contributed by atoms with E-state index in [2.05, 4.69) is 0 Å². The molecule has 142 valence electrons. The molecule has 0 saturated carbocycles. The lowest BCUT2D eigenvalue weighted by Crippen LogP contribution is -2.31. The Morgan fingerprint density at radius 2 is 1.89 bits per heavy atom.